The molecule has 0 aliphatic heterocycles. The largest absolute Gasteiger partial charge is 0.453 e. The summed E-state index contributed by atoms with van der Waals surface area (Å²) in [4.78, 5) is 22.1. The van der Waals surface area contributed by atoms with E-state index in [-0.39, 0.29) is 0 Å². The summed E-state index contributed by atoms with van der Waals surface area (Å²) in [6, 6.07) is 0. The van der Waals surface area contributed by atoms with Gasteiger partial charge in [-0.15, -0.1) is 0 Å². The zero-order valence-corrected chi connectivity index (χ0v) is 12.4. The van der Waals surface area contributed by atoms with Crippen LogP contribution in [0.4, 0.5) is 9.59 Å². The Labute approximate surface area is 119 Å². The first kappa shape index (κ1) is 18.5. The molecule has 0 saturated carbocycles. The predicted octanol–water partition coefficient (Wildman–Crippen LogP) is 1.20. The number of alkyl carbamates (subject to hydrolysis) is 2. The first-order valence-electron chi connectivity index (χ1n) is 6.31. The van der Waals surface area contributed by atoms with Gasteiger partial charge in [-0.25, -0.2) is 9.59 Å². The molecule has 0 heterocycles. The molecule has 0 bridgehead atoms. The summed E-state index contributed by atoms with van der Waals surface area (Å²) in [5, 5.41) is 5.11. The van der Waals surface area contributed by atoms with Crippen LogP contribution in [0, 0.1) is 0 Å². The third-order valence-corrected chi connectivity index (χ3v) is 2.68. The number of carbonyl (C=O) groups is 2. The molecular weight excluding hydrogens is 268 g/mol. The van der Waals surface area contributed by atoms with Gasteiger partial charge < -0.3 is 18.9 Å². The molecule has 0 saturated heterocycles. The second-order valence-electron chi connectivity index (χ2n) is 4.00. The lowest BCUT2D eigenvalue weighted by molar-refractivity contribution is 0.0493. The molecule has 0 spiro atoms. The molecule has 2 atom stereocenters. The highest BCUT2D eigenvalue weighted by atomic mass is 16.6. The molecule has 0 aromatic heterocycles. The molecule has 0 aromatic rings. The van der Waals surface area contributed by atoms with Gasteiger partial charge in [-0.05, 0) is 25.7 Å². The smallest absolute Gasteiger partial charge is 0.408 e. The van der Waals surface area contributed by atoms with E-state index in [1.54, 1.807) is 0 Å². The summed E-state index contributed by atoms with van der Waals surface area (Å²) in [7, 11) is 5.61. The van der Waals surface area contributed by atoms with Gasteiger partial charge in [0, 0.05) is 14.2 Å². The minimum Gasteiger partial charge on any atom is -0.453 e. The fourth-order valence-electron chi connectivity index (χ4n) is 1.54. The van der Waals surface area contributed by atoms with Crippen LogP contribution in [0.15, 0.2) is 0 Å². The zero-order valence-electron chi connectivity index (χ0n) is 12.4. The van der Waals surface area contributed by atoms with E-state index < -0.39 is 24.6 Å². The van der Waals surface area contributed by atoms with Crippen molar-refractivity contribution in [2.24, 2.45) is 0 Å². The molecule has 2 N–H and O–H groups in total. The average Bonchev–Trinajstić information content (AvgIpc) is 2.48. The van der Waals surface area contributed by atoms with Crippen molar-refractivity contribution in [3.05, 3.63) is 0 Å². The van der Waals surface area contributed by atoms with Crippen molar-refractivity contribution >= 4 is 12.2 Å². The third-order valence-electron chi connectivity index (χ3n) is 2.68. The molecular formula is C12H24N2O6. The zero-order chi connectivity index (χ0) is 15.4. The molecule has 0 radical (unpaired) electrons. The fourth-order valence-corrected chi connectivity index (χ4v) is 1.54. The van der Waals surface area contributed by atoms with Gasteiger partial charge >= 0.3 is 12.2 Å². The molecule has 0 aliphatic carbocycles. The lowest BCUT2D eigenvalue weighted by Crippen LogP contribution is -2.37. The monoisotopic (exact) mass is 292 g/mol. The summed E-state index contributed by atoms with van der Waals surface area (Å²) < 4.78 is 19.2. The van der Waals surface area contributed by atoms with E-state index >= 15 is 0 Å². The van der Waals surface area contributed by atoms with Crippen LogP contribution in [0.25, 0.3) is 0 Å². The van der Waals surface area contributed by atoms with Crippen LogP contribution in [-0.4, -0.2) is 53.1 Å². The van der Waals surface area contributed by atoms with Crippen molar-refractivity contribution in [2.45, 2.75) is 38.1 Å². The third kappa shape index (κ3) is 8.54. The SMILES string of the molecule is COC(=O)NC(CCCCC(NC(=O)OC)OC)OC. The molecule has 0 rings (SSSR count). The predicted molar refractivity (Wildman–Crippen MR) is 71.1 cm³/mol. The number of carbonyl (C=O) groups excluding carboxylic acids is 2. The van der Waals surface area contributed by atoms with Gasteiger partial charge in [0.05, 0.1) is 14.2 Å². The Morgan fingerprint density at radius 2 is 1.15 bits per heavy atom. The summed E-state index contributed by atoms with van der Waals surface area (Å²) in [6.07, 6.45) is 1.03. The van der Waals surface area contributed by atoms with Crippen molar-refractivity contribution in [3.63, 3.8) is 0 Å². The Bertz CT molecular complexity index is 259. The number of methoxy groups -OCH3 is 4. The normalized spacial score (nSPS) is 13.2. The topological polar surface area (TPSA) is 95.1 Å². The molecule has 0 aliphatic rings. The van der Waals surface area contributed by atoms with Crippen molar-refractivity contribution < 1.29 is 28.5 Å². The molecule has 0 fully saturated rings. The number of hydrogen-bond donors (Lipinski definition) is 2. The van der Waals surface area contributed by atoms with Crippen LogP contribution in [0.3, 0.4) is 0 Å². The van der Waals surface area contributed by atoms with Gasteiger partial charge in [-0.1, -0.05) is 0 Å². The van der Waals surface area contributed by atoms with Crippen LogP contribution in [0.2, 0.25) is 0 Å². The standard InChI is InChI=1S/C12H24N2O6/c1-17-9(13-11(15)19-3)7-5-6-8-10(18-2)14-12(16)20-4/h9-10H,5-8H2,1-4H3,(H,13,15)(H,14,16). The van der Waals surface area contributed by atoms with Crippen LogP contribution in [0.5, 0.6) is 0 Å². The van der Waals surface area contributed by atoms with Gasteiger partial charge in [0.25, 0.3) is 0 Å². The Morgan fingerprint density at radius 3 is 1.40 bits per heavy atom. The molecule has 2 unspecified atom stereocenters. The van der Waals surface area contributed by atoms with Crippen molar-refractivity contribution in [1.82, 2.24) is 10.6 Å². The number of hydrogen-bond acceptors (Lipinski definition) is 6. The quantitative estimate of drug-likeness (QED) is 0.490. The van der Waals surface area contributed by atoms with Crippen molar-refractivity contribution in [2.75, 3.05) is 28.4 Å². The van der Waals surface area contributed by atoms with Crippen molar-refractivity contribution in [1.29, 1.82) is 0 Å². The molecule has 20 heavy (non-hydrogen) atoms. The average molecular weight is 292 g/mol. The molecule has 2 amide bonds. The van der Waals surface area contributed by atoms with E-state index in [0.717, 1.165) is 12.8 Å². The van der Waals surface area contributed by atoms with Gasteiger partial charge in [0.15, 0.2) is 0 Å². The highest BCUT2D eigenvalue weighted by Crippen LogP contribution is 2.07. The second kappa shape index (κ2) is 11.3. The molecule has 0 aromatic carbocycles. The number of ether oxygens (including phenoxy) is 4. The lowest BCUT2D eigenvalue weighted by Gasteiger charge is -2.18. The van der Waals surface area contributed by atoms with Crippen molar-refractivity contribution in [3.8, 4) is 0 Å². The van der Waals surface area contributed by atoms with Gasteiger partial charge in [0.1, 0.15) is 12.5 Å². The Kier molecular flexibility index (Phi) is 10.4. The van der Waals surface area contributed by atoms with Crippen LogP contribution >= 0.6 is 0 Å². The first-order chi connectivity index (χ1) is 9.57. The summed E-state index contributed by atoms with van der Waals surface area (Å²) in [5.74, 6) is 0. The number of unbranched alkanes of at least 4 members (excludes halogenated alkanes) is 1. The highest BCUT2D eigenvalue weighted by molar-refractivity contribution is 5.67. The van der Waals surface area contributed by atoms with Crippen LogP contribution in [-0.2, 0) is 18.9 Å². The van der Waals surface area contributed by atoms with E-state index in [0.29, 0.717) is 12.8 Å². The maximum absolute atomic E-state index is 11.0. The highest BCUT2D eigenvalue weighted by Gasteiger charge is 2.13. The van der Waals surface area contributed by atoms with Gasteiger partial charge in [-0.2, -0.15) is 0 Å². The lowest BCUT2D eigenvalue weighted by atomic mass is 10.1. The number of rotatable bonds is 9. The summed E-state index contributed by atoms with van der Waals surface area (Å²) >= 11 is 0. The first-order valence-corrected chi connectivity index (χ1v) is 6.31. The van der Waals surface area contributed by atoms with Crippen LogP contribution < -0.4 is 10.6 Å². The molecule has 8 nitrogen and oxygen atoms in total. The Hall–Kier alpha value is -1.54. The maximum Gasteiger partial charge on any atom is 0.408 e. The van der Waals surface area contributed by atoms with Gasteiger partial charge in [0.2, 0.25) is 0 Å². The number of amides is 2. The van der Waals surface area contributed by atoms with E-state index in [2.05, 4.69) is 20.1 Å². The minimum atomic E-state index is -0.529. The maximum atomic E-state index is 11.0. The second-order valence-corrected chi connectivity index (χ2v) is 4.00. The molecule has 118 valence electrons. The van der Waals surface area contributed by atoms with E-state index in [1.807, 2.05) is 0 Å². The Balaban J connectivity index is 3.85. The van der Waals surface area contributed by atoms with E-state index in [1.165, 1.54) is 28.4 Å². The number of nitrogens with one attached hydrogen (secondary N) is 2. The fraction of sp³-hybridized carbons (Fsp3) is 0.833. The summed E-state index contributed by atoms with van der Waals surface area (Å²) in [6.45, 7) is 0. The Morgan fingerprint density at radius 1 is 0.800 bits per heavy atom. The van der Waals surface area contributed by atoms with E-state index in [4.69, 9.17) is 9.47 Å². The van der Waals surface area contributed by atoms with Crippen LogP contribution in [0.1, 0.15) is 25.7 Å². The van der Waals surface area contributed by atoms with E-state index in [9.17, 15) is 9.59 Å². The van der Waals surface area contributed by atoms with Gasteiger partial charge in [-0.3, -0.25) is 10.6 Å². The summed E-state index contributed by atoms with van der Waals surface area (Å²) in [5.41, 5.74) is 0. The molecule has 8 heteroatoms. The minimum absolute atomic E-state index is 0.392.